The molecule has 0 atom stereocenters. The molecule has 0 bridgehead atoms. The van der Waals surface area contributed by atoms with Gasteiger partial charge in [0.1, 0.15) is 23.3 Å². The third kappa shape index (κ3) is 7.15. The van der Waals surface area contributed by atoms with Crippen LogP contribution in [0.15, 0.2) is 75.1 Å². The standard InChI is InChI=1S/C25H24BrN5O6S/c1-4-37-23-10-8-17(13-20(23)26)31-38(33,34)19-9-11-24(36-3)21(14-19)29-30-22(15-27)25(32)28-16-6-5-7-18(12-16)35-2/h5-14,29,31H,4H2,1-3H3,(H,28,32)/b30-22+. The number of anilines is 3. The monoisotopic (exact) mass is 601 g/mol. The van der Waals surface area contributed by atoms with Crippen LogP contribution >= 0.6 is 15.9 Å². The topological polar surface area (TPSA) is 151 Å². The van der Waals surface area contributed by atoms with E-state index in [1.165, 1.54) is 32.4 Å². The maximum atomic E-state index is 13.0. The molecule has 0 saturated carbocycles. The number of sulfonamides is 1. The molecular formula is C25H24BrN5O6S. The van der Waals surface area contributed by atoms with E-state index in [-0.39, 0.29) is 16.3 Å². The zero-order chi connectivity index (χ0) is 27.7. The second kappa shape index (κ2) is 12.8. The van der Waals surface area contributed by atoms with Crippen molar-refractivity contribution in [2.45, 2.75) is 11.8 Å². The molecule has 0 aliphatic carbocycles. The summed E-state index contributed by atoms with van der Waals surface area (Å²) in [5.41, 5.74) is 2.87. The molecule has 0 fully saturated rings. The Balaban J connectivity index is 1.82. The number of nitriles is 1. The first-order valence-electron chi connectivity index (χ1n) is 11.0. The zero-order valence-electron chi connectivity index (χ0n) is 20.6. The highest BCUT2D eigenvalue weighted by Gasteiger charge is 2.18. The van der Waals surface area contributed by atoms with Gasteiger partial charge in [-0.25, -0.2) is 8.42 Å². The fourth-order valence-electron chi connectivity index (χ4n) is 3.13. The maximum absolute atomic E-state index is 13.0. The Kier molecular flexibility index (Phi) is 9.53. The van der Waals surface area contributed by atoms with Gasteiger partial charge in [-0.1, -0.05) is 6.07 Å². The number of nitrogens with zero attached hydrogens (tertiary/aromatic N) is 2. The van der Waals surface area contributed by atoms with Crippen LogP contribution in [-0.2, 0) is 14.8 Å². The highest BCUT2D eigenvalue weighted by molar-refractivity contribution is 9.10. The van der Waals surface area contributed by atoms with Crippen LogP contribution < -0.4 is 29.7 Å². The van der Waals surface area contributed by atoms with Crippen molar-refractivity contribution in [3.63, 3.8) is 0 Å². The van der Waals surface area contributed by atoms with Crippen LogP contribution in [0.4, 0.5) is 17.1 Å². The Bertz CT molecular complexity index is 1500. The van der Waals surface area contributed by atoms with E-state index in [1.807, 2.05) is 6.92 Å². The number of methoxy groups -OCH3 is 2. The average molecular weight is 602 g/mol. The zero-order valence-corrected chi connectivity index (χ0v) is 23.0. The fourth-order valence-corrected chi connectivity index (χ4v) is 4.69. The number of halogens is 1. The highest BCUT2D eigenvalue weighted by atomic mass is 79.9. The number of benzene rings is 3. The highest BCUT2D eigenvalue weighted by Crippen LogP contribution is 2.31. The van der Waals surface area contributed by atoms with Crippen molar-refractivity contribution in [1.82, 2.24) is 0 Å². The third-order valence-corrected chi connectivity index (χ3v) is 6.90. The van der Waals surface area contributed by atoms with Gasteiger partial charge in [0.15, 0.2) is 0 Å². The fraction of sp³-hybridized carbons (Fsp3) is 0.160. The van der Waals surface area contributed by atoms with Crippen LogP contribution in [0, 0.1) is 11.3 Å². The predicted octanol–water partition coefficient (Wildman–Crippen LogP) is 4.60. The summed E-state index contributed by atoms with van der Waals surface area (Å²) >= 11 is 3.36. The summed E-state index contributed by atoms with van der Waals surface area (Å²) in [6, 6.07) is 17.1. The van der Waals surface area contributed by atoms with Crippen LogP contribution in [0.5, 0.6) is 17.2 Å². The molecule has 0 heterocycles. The van der Waals surface area contributed by atoms with Crippen molar-refractivity contribution < 1.29 is 27.4 Å². The van der Waals surface area contributed by atoms with Crippen LogP contribution in [0.3, 0.4) is 0 Å². The van der Waals surface area contributed by atoms with Crippen LogP contribution in [0.1, 0.15) is 6.92 Å². The Morgan fingerprint density at radius 2 is 1.79 bits per heavy atom. The van der Waals surface area contributed by atoms with E-state index in [0.29, 0.717) is 34.0 Å². The largest absolute Gasteiger partial charge is 0.497 e. The molecule has 38 heavy (non-hydrogen) atoms. The van der Waals surface area contributed by atoms with Gasteiger partial charge in [0.05, 0.1) is 41.6 Å². The summed E-state index contributed by atoms with van der Waals surface area (Å²) in [5.74, 6) is 0.555. The van der Waals surface area contributed by atoms with Crippen LogP contribution in [-0.4, -0.2) is 40.9 Å². The average Bonchev–Trinajstić information content (AvgIpc) is 2.90. The van der Waals surface area contributed by atoms with Gasteiger partial charge < -0.3 is 19.5 Å². The van der Waals surface area contributed by atoms with Gasteiger partial charge >= 0.3 is 0 Å². The van der Waals surface area contributed by atoms with Crippen molar-refractivity contribution in [3.8, 4) is 23.3 Å². The Hall–Kier alpha value is -4.28. The van der Waals surface area contributed by atoms with Gasteiger partial charge in [0.25, 0.3) is 15.9 Å². The van der Waals surface area contributed by atoms with Crippen molar-refractivity contribution in [2.75, 3.05) is 36.3 Å². The summed E-state index contributed by atoms with van der Waals surface area (Å²) in [4.78, 5) is 12.4. The number of carbonyl (C=O) groups excluding carboxylic acids is 1. The van der Waals surface area contributed by atoms with Gasteiger partial charge in [-0.15, -0.1) is 0 Å². The molecule has 0 spiro atoms. The number of rotatable bonds is 11. The van der Waals surface area contributed by atoms with Crippen LogP contribution in [0.2, 0.25) is 0 Å². The molecule has 11 nitrogen and oxygen atoms in total. The van der Waals surface area contributed by atoms with Crippen molar-refractivity contribution in [2.24, 2.45) is 5.10 Å². The lowest BCUT2D eigenvalue weighted by molar-refractivity contribution is -0.110. The van der Waals surface area contributed by atoms with Crippen molar-refractivity contribution >= 4 is 54.6 Å². The molecule has 0 aliphatic rings. The van der Waals surface area contributed by atoms with E-state index in [4.69, 9.17) is 14.2 Å². The molecule has 0 aromatic heterocycles. The minimum atomic E-state index is -4.02. The van der Waals surface area contributed by atoms with Gasteiger partial charge in [-0.05, 0) is 71.4 Å². The minimum absolute atomic E-state index is 0.111. The van der Waals surface area contributed by atoms with E-state index in [9.17, 15) is 18.5 Å². The lowest BCUT2D eigenvalue weighted by Crippen LogP contribution is -2.22. The molecule has 13 heteroatoms. The number of nitrogens with one attached hydrogen (secondary N) is 3. The number of ether oxygens (including phenoxy) is 3. The SMILES string of the molecule is CCOc1ccc(NS(=O)(=O)c2ccc(OC)c(N/N=C(\C#N)C(=O)Nc3cccc(OC)c3)c2)cc1Br. The number of amides is 1. The lowest BCUT2D eigenvalue weighted by Gasteiger charge is -2.13. The first kappa shape index (κ1) is 28.3. The molecule has 0 radical (unpaired) electrons. The quantitative estimate of drug-likeness (QED) is 0.213. The number of hydrazone groups is 1. The molecule has 0 saturated heterocycles. The summed E-state index contributed by atoms with van der Waals surface area (Å²) in [6.45, 7) is 2.30. The normalized spacial score (nSPS) is 11.2. The van der Waals surface area contributed by atoms with Crippen molar-refractivity contribution in [3.05, 3.63) is 65.1 Å². The maximum Gasteiger partial charge on any atom is 0.287 e. The van der Waals surface area contributed by atoms with Crippen LogP contribution in [0.25, 0.3) is 0 Å². The van der Waals surface area contributed by atoms with Gasteiger partial charge in [0.2, 0.25) is 5.71 Å². The predicted molar refractivity (Wildman–Crippen MR) is 147 cm³/mol. The molecule has 3 aromatic rings. The Morgan fingerprint density at radius 3 is 2.45 bits per heavy atom. The van der Waals surface area contributed by atoms with E-state index in [2.05, 4.69) is 36.5 Å². The van der Waals surface area contributed by atoms with E-state index < -0.39 is 21.6 Å². The molecule has 1 amide bonds. The smallest absolute Gasteiger partial charge is 0.287 e. The number of hydrogen-bond donors (Lipinski definition) is 3. The van der Waals surface area contributed by atoms with Crippen molar-refractivity contribution in [1.29, 1.82) is 5.26 Å². The molecule has 3 rings (SSSR count). The summed E-state index contributed by atoms with van der Waals surface area (Å²) < 4.78 is 45.0. The number of hydrogen-bond acceptors (Lipinski definition) is 9. The molecular weight excluding hydrogens is 578 g/mol. The van der Waals surface area contributed by atoms with Gasteiger partial charge in [0, 0.05) is 11.8 Å². The molecule has 3 N–H and O–H groups in total. The molecule has 0 aliphatic heterocycles. The molecule has 0 unspecified atom stereocenters. The summed E-state index contributed by atoms with van der Waals surface area (Å²) in [7, 11) is -1.15. The molecule has 3 aromatic carbocycles. The van der Waals surface area contributed by atoms with E-state index in [1.54, 1.807) is 48.5 Å². The lowest BCUT2D eigenvalue weighted by atomic mass is 10.3. The summed E-state index contributed by atoms with van der Waals surface area (Å²) in [6.07, 6.45) is 0. The third-order valence-electron chi connectivity index (χ3n) is 4.90. The van der Waals surface area contributed by atoms with E-state index >= 15 is 0 Å². The van der Waals surface area contributed by atoms with E-state index in [0.717, 1.165) is 0 Å². The minimum Gasteiger partial charge on any atom is -0.497 e. The Labute approximate surface area is 228 Å². The summed E-state index contributed by atoms with van der Waals surface area (Å²) in [5, 5.41) is 15.8. The molecule has 198 valence electrons. The Morgan fingerprint density at radius 1 is 1.03 bits per heavy atom. The first-order valence-corrected chi connectivity index (χ1v) is 13.3. The number of carbonyl (C=O) groups is 1. The van der Waals surface area contributed by atoms with Gasteiger partial charge in [-0.3, -0.25) is 14.9 Å². The second-order valence-corrected chi connectivity index (χ2v) is 9.95. The first-order chi connectivity index (χ1) is 18.2. The van der Waals surface area contributed by atoms with Gasteiger partial charge in [-0.2, -0.15) is 10.4 Å². The second-order valence-electron chi connectivity index (χ2n) is 7.42.